The molecule has 2 rings (SSSR count). The third-order valence-electron chi connectivity index (χ3n) is 3.48. The molecule has 0 spiro atoms. The third kappa shape index (κ3) is 7.59. The van der Waals surface area contributed by atoms with Crippen molar-refractivity contribution in [3.05, 3.63) is 60.2 Å². The molecule has 0 saturated carbocycles. The Labute approximate surface area is 166 Å². The molecule has 0 radical (unpaired) electrons. The number of anilines is 1. The summed E-state index contributed by atoms with van der Waals surface area (Å²) in [6, 6.07) is 11.4. The summed E-state index contributed by atoms with van der Waals surface area (Å²) < 4.78 is 67.0. The molecule has 0 atom stereocenters. The Kier molecular flexibility index (Phi) is 7.40. The lowest BCUT2D eigenvalue weighted by atomic mass is 10.2. The Bertz CT molecular complexity index is 954. The molecule has 0 heterocycles. The van der Waals surface area contributed by atoms with Gasteiger partial charge in [-0.1, -0.05) is 19.1 Å². The van der Waals surface area contributed by atoms with E-state index in [1.165, 1.54) is 48.6 Å². The van der Waals surface area contributed by atoms with Gasteiger partial charge in [0.2, 0.25) is 15.9 Å². The van der Waals surface area contributed by atoms with Crippen LogP contribution >= 0.6 is 0 Å². The Balaban J connectivity index is 1.92. The van der Waals surface area contributed by atoms with E-state index in [1.54, 1.807) is 19.1 Å². The minimum Gasteiger partial charge on any atom is -0.484 e. The zero-order valence-electron chi connectivity index (χ0n) is 15.4. The van der Waals surface area contributed by atoms with Gasteiger partial charge in [0, 0.05) is 18.3 Å². The summed E-state index contributed by atoms with van der Waals surface area (Å²) >= 11 is 0. The molecule has 6 nitrogen and oxygen atoms in total. The lowest BCUT2D eigenvalue weighted by Crippen LogP contribution is -2.22. The number of hydrogen-bond acceptors (Lipinski definition) is 4. The van der Waals surface area contributed by atoms with Crippen LogP contribution in [0.3, 0.4) is 0 Å². The molecule has 1 amide bonds. The number of nitrogens with one attached hydrogen (secondary N) is 2. The number of sulfonamides is 1. The second kappa shape index (κ2) is 9.57. The van der Waals surface area contributed by atoms with Crippen molar-refractivity contribution in [1.82, 2.24) is 4.72 Å². The molecular formula is C19H19F3N2O4S. The average Bonchev–Trinajstić information content (AvgIpc) is 2.65. The van der Waals surface area contributed by atoms with Gasteiger partial charge in [-0.2, -0.15) is 13.2 Å². The molecule has 0 aliphatic heterocycles. The first-order chi connectivity index (χ1) is 13.6. The highest BCUT2D eigenvalue weighted by molar-refractivity contribution is 7.89. The van der Waals surface area contributed by atoms with Crippen molar-refractivity contribution in [2.75, 3.05) is 18.5 Å². The van der Waals surface area contributed by atoms with E-state index in [9.17, 15) is 26.4 Å². The molecule has 0 fully saturated rings. The minimum atomic E-state index is -4.42. The number of benzene rings is 2. The highest BCUT2D eigenvalue weighted by Crippen LogP contribution is 2.20. The number of carbonyl (C=O) groups is 1. The fourth-order valence-corrected chi connectivity index (χ4v) is 3.23. The molecule has 29 heavy (non-hydrogen) atoms. The summed E-state index contributed by atoms with van der Waals surface area (Å²) in [6.45, 7) is 0.562. The Morgan fingerprint density at radius 1 is 1.07 bits per heavy atom. The number of carbonyl (C=O) groups excluding carboxylic acids is 1. The summed E-state index contributed by atoms with van der Waals surface area (Å²) in [5, 5.41) is 2.55. The van der Waals surface area contributed by atoms with Crippen molar-refractivity contribution in [3.63, 3.8) is 0 Å². The Hall–Kier alpha value is -2.85. The van der Waals surface area contributed by atoms with Crippen LogP contribution in [-0.4, -0.2) is 33.7 Å². The number of amides is 1. The number of halogens is 3. The van der Waals surface area contributed by atoms with Gasteiger partial charge >= 0.3 is 6.18 Å². The first-order valence-corrected chi connectivity index (χ1v) is 9.96. The maximum absolute atomic E-state index is 12.1. The van der Waals surface area contributed by atoms with Crippen molar-refractivity contribution in [2.24, 2.45) is 0 Å². The van der Waals surface area contributed by atoms with Gasteiger partial charge < -0.3 is 10.1 Å². The zero-order chi connectivity index (χ0) is 21.5. The van der Waals surface area contributed by atoms with Gasteiger partial charge in [0.1, 0.15) is 5.75 Å². The average molecular weight is 428 g/mol. The Morgan fingerprint density at radius 2 is 1.69 bits per heavy atom. The number of rotatable bonds is 8. The normalized spacial score (nSPS) is 12.1. The maximum Gasteiger partial charge on any atom is 0.422 e. The smallest absolute Gasteiger partial charge is 0.422 e. The largest absolute Gasteiger partial charge is 0.484 e. The van der Waals surface area contributed by atoms with Gasteiger partial charge in [-0.15, -0.1) is 0 Å². The van der Waals surface area contributed by atoms with E-state index in [2.05, 4.69) is 14.8 Å². The summed E-state index contributed by atoms with van der Waals surface area (Å²) in [5.74, 6) is -0.429. The first kappa shape index (κ1) is 22.4. The van der Waals surface area contributed by atoms with Crippen LogP contribution in [0, 0.1) is 0 Å². The van der Waals surface area contributed by atoms with E-state index in [4.69, 9.17) is 0 Å². The van der Waals surface area contributed by atoms with Crippen LogP contribution in [-0.2, 0) is 14.8 Å². The van der Waals surface area contributed by atoms with Gasteiger partial charge in [0.05, 0.1) is 4.90 Å². The summed E-state index contributed by atoms with van der Waals surface area (Å²) in [5.41, 5.74) is 0.998. The van der Waals surface area contributed by atoms with Crippen LogP contribution in [0.15, 0.2) is 59.5 Å². The molecule has 0 aliphatic carbocycles. The molecule has 0 unspecified atom stereocenters. The predicted molar refractivity (Wildman–Crippen MR) is 103 cm³/mol. The van der Waals surface area contributed by atoms with Crippen LogP contribution in [0.1, 0.15) is 12.5 Å². The molecular weight excluding hydrogens is 409 g/mol. The summed E-state index contributed by atoms with van der Waals surface area (Å²) in [4.78, 5) is 12.1. The number of ether oxygens (including phenoxy) is 1. The molecule has 0 aliphatic rings. The number of hydrogen-bond donors (Lipinski definition) is 2. The van der Waals surface area contributed by atoms with Gasteiger partial charge in [-0.25, -0.2) is 13.1 Å². The monoisotopic (exact) mass is 428 g/mol. The summed E-state index contributed by atoms with van der Waals surface area (Å²) in [7, 11) is -3.54. The third-order valence-corrected chi connectivity index (χ3v) is 5.04. The molecule has 156 valence electrons. The highest BCUT2D eigenvalue weighted by atomic mass is 32.2. The van der Waals surface area contributed by atoms with E-state index in [1.807, 2.05) is 0 Å². The van der Waals surface area contributed by atoms with Crippen molar-refractivity contribution >= 4 is 27.7 Å². The molecule has 10 heteroatoms. The van der Waals surface area contributed by atoms with Crippen LogP contribution in [0.4, 0.5) is 18.9 Å². The maximum atomic E-state index is 12.1. The fraction of sp³-hybridized carbons (Fsp3) is 0.211. The Morgan fingerprint density at radius 3 is 2.24 bits per heavy atom. The molecule has 2 aromatic rings. The molecule has 0 saturated heterocycles. The fourth-order valence-electron chi connectivity index (χ4n) is 2.19. The summed E-state index contributed by atoms with van der Waals surface area (Å²) in [6.07, 6.45) is -1.67. The van der Waals surface area contributed by atoms with E-state index in [0.717, 1.165) is 0 Å². The molecule has 2 N–H and O–H groups in total. The van der Waals surface area contributed by atoms with Gasteiger partial charge in [0.25, 0.3) is 0 Å². The van der Waals surface area contributed by atoms with Gasteiger partial charge in [0.15, 0.2) is 6.61 Å². The predicted octanol–water partition coefficient (Wildman–Crippen LogP) is 3.58. The van der Waals surface area contributed by atoms with Gasteiger partial charge in [-0.05, 0) is 48.0 Å². The highest BCUT2D eigenvalue weighted by Gasteiger charge is 2.28. The van der Waals surface area contributed by atoms with E-state index < -0.39 is 28.7 Å². The van der Waals surface area contributed by atoms with Crippen LogP contribution in [0.2, 0.25) is 0 Å². The van der Waals surface area contributed by atoms with E-state index >= 15 is 0 Å². The topological polar surface area (TPSA) is 84.5 Å². The van der Waals surface area contributed by atoms with Crippen molar-refractivity contribution < 1.29 is 31.1 Å². The lowest BCUT2D eigenvalue weighted by Gasteiger charge is -2.09. The standard InChI is InChI=1S/C19H19F3N2O4S/c1-2-23-29(26,27)17-10-3-14(4-11-17)5-12-18(25)24-15-6-8-16(9-7-15)28-13-19(20,21)22/h3-12,23H,2,13H2,1H3,(H,24,25)/b12-5+. The quantitative estimate of drug-likeness (QED) is 0.630. The van der Waals surface area contributed by atoms with E-state index in [0.29, 0.717) is 11.3 Å². The van der Waals surface area contributed by atoms with Crippen molar-refractivity contribution in [3.8, 4) is 5.75 Å². The molecule has 2 aromatic carbocycles. The number of alkyl halides is 3. The SMILES string of the molecule is CCNS(=O)(=O)c1ccc(/C=C/C(=O)Nc2ccc(OCC(F)(F)F)cc2)cc1. The molecule has 0 aromatic heterocycles. The van der Waals surface area contributed by atoms with Crippen LogP contribution in [0.25, 0.3) is 6.08 Å². The second-order valence-electron chi connectivity index (χ2n) is 5.82. The zero-order valence-corrected chi connectivity index (χ0v) is 16.2. The van der Waals surface area contributed by atoms with Gasteiger partial charge in [-0.3, -0.25) is 4.79 Å². The van der Waals surface area contributed by atoms with Crippen molar-refractivity contribution in [1.29, 1.82) is 0 Å². The lowest BCUT2D eigenvalue weighted by molar-refractivity contribution is -0.153. The van der Waals surface area contributed by atoms with E-state index in [-0.39, 0.29) is 17.2 Å². The molecule has 0 bridgehead atoms. The van der Waals surface area contributed by atoms with Crippen LogP contribution in [0.5, 0.6) is 5.75 Å². The first-order valence-electron chi connectivity index (χ1n) is 8.47. The van der Waals surface area contributed by atoms with Crippen LogP contribution < -0.4 is 14.8 Å². The van der Waals surface area contributed by atoms with Crippen molar-refractivity contribution in [2.45, 2.75) is 18.0 Å². The second-order valence-corrected chi connectivity index (χ2v) is 7.59. The minimum absolute atomic E-state index is 0.0310.